The molecule has 522 valence electrons. The third kappa shape index (κ3) is 14.8. The molecule has 0 radical (unpaired) electrons. The minimum Gasteiger partial charge on any atom is -0.394 e. The van der Waals surface area contributed by atoms with Crippen molar-refractivity contribution in [3.63, 3.8) is 0 Å². The number of aliphatic hydroxyl groups is 18. The van der Waals surface area contributed by atoms with Crippen LogP contribution in [0, 0.1) is 34.0 Å². The molecule has 30 nitrogen and oxygen atoms in total. The van der Waals surface area contributed by atoms with Crippen molar-refractivity contribution in [1.82, 2.24) is 5.32 Å². The summed E-state index contributed by atoms with van der Waals surface area (Å²) in [6, 6.07) is -1.61. The summed E-state index contributed by atoms with van der Waals surface area (Å²) in [5.41, 5.74) is -4.34. The van der Waals surface area contributed by atoms with Gasteiger partial charge in [-0.15, -0.1) is 0 Å². The van der Waals surface area contributed by atoms with Crippen LogP contribution in [0.15, 0.2) is 11.6 Å². The summed E-state index contributed by atoms with van der Waals surface area (Å²) < 4.78 is 61.2. The Morgan fingerprint density at radius 3 is 1.80 bits per heavy atom. The predicted octanol–water partition coefficient (Wildman–Crippen LogP) is -5.51. The summed E-state index contributed by atoms with van der Waals surface area (Å²) >= 11 is 0. The number of carbonyl (C=O) groups is 1. The number of carbonyl (C=O) groups excluding carboxylic acids is 1. The third-order valence-electron chi connectivity index (χ3n) is 21.4. The van der Waals surface area contributed by atoms with E-state index in [0.717, 1.165) is 6.92 Å². The molecule has 34 atom stereocenters. The Bertz CT molecular complexity index is 2370. The van der Waals surface area contributed by atoms with Crippen molar-refractivity contribution in [3.8, 4) is 0 Å². The molecule has 90 heavy (non-hydrogen) atoms. The van der Waals surface area contributed by atoms with Crippen LogP contribution >= 0.6 is 0 Å². The summed E-state index contributed by atoms with van der Waals surface area (Å²) in [4.78, 5) is 12.9. The molecule has 19 N–H and O–H groups in total. The van der Waals surface area contributed by atoms with E-state index in [0.29, 0.717) is 44.1 Å². The first-order valence-corrected chi connectivity index (χ1v) is 31.5. The Morgan fingerprint density at radius 1 is 0.633 bits per heavy atom. The first kappa shape index (κ1) is 73.9. The quantitative estimate of drug-likeness (QED) is 0.0355. The number of aliphatic hydroxyl groups excluding tert-OH is 16. The van der Waals surface area contributed by atoms with Gasteiger partial charge in [-0.05, 0) is 107 Å². The molecule has 5 aliphatic heterocycles. The second-order valence-electron chi connectivity index (χ2n) is 28.4. The number of nitrogens with one attached hydrogen (secondary N) is 1. The van der Waals surface area contributed by atoms with Crippen molar-refractivity contribution < 1.29 is 144 Å². The molecule has 5 heterocycles. The number of hydrogen-bond acceptors (Lipinski definition) is 29. The normalized spacial score (nSPS) is 48.7. The van der Waals surface area contributed by atoms with Crippen molar-refractivity contribution >= 4 is 5.91 Å². The van der Waals surface area contributed by atoms with Gasteiger partial charge in [0.2, 0.25) is 5.91 Å². The van der Waals surface area contributed by atoms with Crippen molar-refractivity contribution in [2.75, 3.05) is 33.0 Å². The van der Waals surface area contributed by atoms with Gasteiger partial charge in [-0.25, -0.2) is 0 Å². The molecule has 8 rings (SSSR count). The van der Waals surface area contributed by atoms with Gasteiger partial charge in [0.15, 0.2) is 31.5 Å². The van der Waals surface area contributed by atoms with Gasteiger partial charge in [0.1, 0.15) is 115 Å². The van der Waals surface area contributed by atoms with E-state index in [2.05, 4.69) is 19.2 Å². The van der Waals surface area contributed by atoms with E-state index in [1.54, 1.807) is 13.8 Å². The monoisotopic (exact) mass is 1300 g/mol. The van der Waals surface area contributed by atoms with Gasteiger partial charge in [-0.2, -0.15) is 0 Å². The smallest absolute Gasteiger partial charge is 0.217 e. The molecule has 0 spiro atoms. The molecule has 0 aromatic carbocycles. The van der Waals surface area contributed by atoms with Gasteiger partial charge in [0.05, 0.1) is 63.1 Å². The first-order chi connectivity index (χ1) is 41.9. The van der Waals surface area contributed by atoms with Gasteiger partial charge in [-0.1, -0.05) is 39.3 Å². The van der Waals surface area contributed by atoms with Crippen molar-refractivity contribution in [3.05, 3.63) is 11.6 Å². The molecular weight excluding hydrogens is 1200 g/mol. The van der Waals surface area contributed by atoms with Gasteiger partial charge < -0.3 is 145 Å². The van der Waals surface area contributed by atoms with Gasteiger partial charge >= 0.3 is 0 Å². The molecule has 0 unspecified atom stereocenters. The minimum atomic E-state index is -1.98. The third-order valence-corrected chi connectivity index (χ3v) is 21.4. The lowest BCUT2D eigenvalue weighted by molar-refractivity contribution is -0.396. The zero-order valence-electron chi connectivity index (χ0n) is 52.6. The van der Waals surface area contributed by atoms with Crippen LogP contribution in [0.1, 0.15) is 114 Å². The van der Waals surface area contributed by atoms with Gasteiger partial charge in [-0.3, -0.25) is 4.79 Å². The minimum absolute atomic E-state index is 0.00561. The molecule has 1 amide bonds. The number of rotatable bonds is 22. The molecule has 5 saturated heterocycles. The fourth-order valence-electron chi connectivity index (χ4n) is 16.4. The van der Waals surface area contributed by atoms with Crippen LogP contribution < -0.4 is 5.32 Å². The van der Waals surface area contributed by atoms with E-state index < -0.39 is 238 Å². The zero-order valence-corrected chi connectivity index (χ0v) is 52.6. The molecule has 0 aromatic rings. The molecule has 3 saturated carbocycles. The topological polar surface area (TPSA) is 486 Å². The number of ether oxygens (including phenoxy) is 10. The van der Waals surface area contributed by atoms with E-state index in [1.165, 1.54) is 13.8 Å². The van der Waals surface area contributed by atoms with E-state index in [-0.39, 0.29) is 24.7 Å². The van der Waals surface area contributed by atoms with Crippen molar-refractivity contribution in [2.45, 2.75) is 291 Å². The second kappa shape index (κ2) is 29.0. The highest BCUT2D eigenvalue weighted by atomic mass is 16.8. The van der Waals surface area contributed by atoms with E-state index in [4.69, 9.17) is 47.4 Å². The highest BCUT2D eigenvalue weighted by Crippen LogP contribution is 2.71. The number of hydrogen-bond donors (Lipinski definition) is 19. The number of allylic oxidation sites excluding steroid dienone is 1. The molecule has 30 heteroatoms. The van der Waals surface area contributed by atoms with Crippen LogP contribution in [0.25, 0.3) is 0 Å². The van der Waals surface area contributed by atoms with Gasteiger partial charge in [0, 0.05) is 12.8 Å². The van der Waals surface area contributed by atoms with Crippen LogP contribution in [0.4, 0.5) is 0 Å². The van der Waals surface area contributed by atoms with Crippen LogP contribution in [0.2, 0.25) is 0 Å². The van der Waals surface area contributed by atoms with Crippen LogP contribution in [0.5, 0.6) is 0 Å². The molecular formula is C60H103NO29. The standard InChI is InChI=1S/C60H103NO29/c1-24(17-28(66)50(78)60(9,80)23-63)11-10-14-59(8,79)49-27(65)18-34-57(6)16-13-35(56(4,5)33(57)12-15-58(34,49)7)87-55-48(43(75)40(72)32(86-55)22-83-52-44(76)38(70)29(67)20-81-52)90-54-47(42(74)37(69)25(2)84-54)89-51-36(61-26(3)64)46(41(73)31(19-62)85-51)88-53-45(77)39(71)30(68)21-82-53/h11,25,27-55,62-63,65-80H,10,12-23H2,1-9H3,(H,61,64)/b24-11+/t25-,27+,28-,29+,30-,31+,32+,33-,34+,35-,36+,37-,38-,39-,40+,41+,42+,43-,44+,45+,46+,47+,48+,49+,50+,51-,52-,53-,54-,55-,57-,58+,59+,60-/m0/s1. The number of fused-ring (bicyclic) bond motifs is 3. The van der Waals surface area contributed by atoms with E-state index >= 15 is 0 Å². The Hall–Kier alpha value is -1.91. The summed E-state index contributed by atoms with van der Waals surface area (Å²) in [5, 5.41) is 200. The largest absolute Gasteiger partial charge is 0.394 e. The van der Waals surface area contributed by atoms with Gasteiger partial charge in [0.25, 0.3) is 0 Å². The van der Waals surface area contributed by atoms with Crippen molar-refractivity contribution in [1.29, 1.82) is 0 Å². The Balaban J connectivity index is 1.05. The van der Waals surface area contributed by atoms with E-state index in [1.807, 2.05) is 19.9 Å². The highest BCUT2D eigenvalue weighted by molar-refractivity contribution is 5.73. The van der Waals surface area contributed by atoms with Crippen LogP contribution in [0.3, 0.4) is 0 Å². The molecule has 0 aromatic heterocycles. The SMILES string of the molecule is CC(=O)N[C@H]1[C@H](O[C@H]2[C@H](O[C@H]3[C@H](O[C@H]4CC[C@]5(C)[C@H]6C[C@@H](O)[C@@H]([C@](C)(O)CC/C=C(\C)C[C@H](O)[C@@H](O)[C@@](C)(O)CO)[C@]6(C)CC[C@H]5C4(C)C)O[C@H](CO[C@@H]4OC[C@@H](O)[C@H](O)[C@H]4O)[C@@H](O)[C@@H]3O)O[C@@H](C)[C@H](O)[C@H]2O)O[C@H](CO)[C@@H](O)[C@@H]1O[C@@H]1OC[C@H](O)[C@H](O)[C@H]1O. The lowest BCUT2D eigenvalue weighted by Crippen LogP contribution is -2.69. The first-order valence-electron chi connectivity index (χ1n) is 31.5. The van der Waals surface area contributed by atoms with E-state index in [9.17, 15) is 96.7 Å². The maximum Gasteiger partial charge on any atom is 0.217 e. The maximum absolute atomic E-state index is 12.9. The summed E-state index contributed by atoms with van der Waals surface area (Å²) in [6.07, 6.45) is -37.3. The maximum atomic E-state index is 12.9. The Kier molecular flexibility index (Phi) is 23.8. The second-order valence-corrected chi connectivity index (χ2v) is 28.4. The fourth-order valence-corrected chi connectivity index (χ4v) is 16.4. The summed E-state index contributed by atoms with van der Waals surface area (Å²) in [5.74, 6) is -1.51. The van der Waals surface area contributed by atoms with Crippen LogP contribution in [-0.4, -0.2) is 308 Å². The highest BCUT2D eigenvalue weighted by Gasteiger charge is 2.69. The average molecular weight is 1300 g/mol. The van der Waals surface area contributed by atoms with Crippen LogP contribution in [-0.2, 0) is 52.2 Å². The lowest BCUT2D eigenvalue weighted by Gasteiger charge is -2.64. The summed E-state index contributed by atoms with van der Waals surface area (Å²) in [7, 11) is 0. The summed E-state index contributed by atoms with van der Waals surface area (Å²) in [6.45, 7) is 12.4. The lowest BCUT2D eigenvalue weighted by atomic mass is 9.42. The average Bonchev–Trinajstić information content (AvgIpc) is 1.41. The molecule has 3 aliphatic carbocycles. The molecule has 8 aliphatic rings. The Labute approximate surface area is 523 Å². The van der Waals surface area contributed by atoms with Crippen molar-refractivity contribution in [2.24, 2.45) is 34.0 Å². The fraction of sp³-hybridized carbons (Fsp3) is 0.950. The molecule has 0 bridgehead atoms. The molecule has 8 fully saturated rings. The predicted molar refractivity (Wildman–Crippen MR) is 305 cm³/mol. The Morgan fingerprint density at radius 2 is 1.19 bits per heavy atom. The zero-order chi connectivity index (χ0) is 66.7. The number of amides is 1.